The lowest BCUT2D eigenvalue weighted by Gasteiger charge is -2.34. The Hall–Kier alpha value is -1.47. The lowest BCUT2D eigenvalue weighted by Crippen LogP contribution is -2.47. The largest absolute Gasteiger partial charge is 0.343 e. The second kappa shape index (κ2) is 10.0. The number of unbranched alkanes of at least 4 members (excludes halogenated alkanes) is 1. The Morgan fingerprint density at radius 3 is 2.73 bits per heavy atom. The fourth-order valence-corrected chi connectivity index (χ4v) is 4.15. The van der Waals surface area contributed by atoms with Gasteiger partial charge in [-0.2, -0.15) is 0 Å². The summed E-state index contributed by atoms with van der Waals surface area (Å²) in [6.45, 7) is 11.6. The van der Waals surface area contributed by atoms with Crippen LogP contribution in [-0.2, 0) is 9.59 Å². The molecular formula is C19H32N4O2S. The van der Waals surface area contributed by atoms with Gasteiger partial charge in [-0.05, 0) is 46.6 Å². The minimum atomic E-state index is -0.0508. The van der Waals surface area contributed by atoms with Crippen molar-refractivity contribution in [1.29, 1.82) is 0 Å². The van der Waals surface area contributed by atoms with Crippen LogP contribution in [0.25, 0.3) is 0 Å². The van der Waals surface area contributed by atoms with E-state index in [4.69, 9.17) is 0 Å². The standard InChI is InChI=1S/C19H32N4O2S/c1-5-7-11-23(6-2)18(25)16-9-8-10-22(12-16)13-17(24)21-19-20-14(3)15(4)26-19/h16H,5-13H2,1-4H3,(H,20,21,24). The molecule has 146 valence electrons. The second-order valence-electron chi connectivity index (χ2n) is 7.05. The van der Waals surface area contributed by atoms with Crippen LogP contribution in [0.3, 0.4) is 0 Å². The Morgan fingerprint density at radius 1 is 1.35 bits per heavy atom. The molecule has 1 aromatic heterocycles. The van der Waals surface area contributed by atoms with E-state index in [2.05, 4.69) is 22.1 Å². The number of hydrogen-bond acceptors (Lipinski definition) is 5. The molecule has 1 unspecified atom stereocenters. The van der Waals surface area contributed by atoms with Gasteiger partial charge in [-0.15, -0.1) is 11.3 Å². The summed E-state index contributed by atoms with van der Waals surface area (Å²) in [5, 5.41) is 3.55. The van der Waals surface area contributed by atoms with E-state index in [-0.39, 0.29) is 17.7 Å². The molecule has 2 heterocycles. The summed E-state index contributed by atoms with van der Waals surface area (Å²) in [6, 6.07) is 0. The number of hydrogen-bond donors (Lipinski definition) is 1. The quantitative estimate of drug-likeness (QED) is 0.753. The monoisotopic (exact) mass is 380 g/mol. The molecule has 1 aliphatic heterocycles. The SMILES string of the molecule is CCCCN(CC)C(=O)C1CCCN(CC(=O)Nc2nc(C)c(C)s2)C1. The molecule has 6 nitrogen and oxygen atoms in total. The van der Waals surface area contributed by atoms with Crippen LogP contribution in [0.2, 0.25) is 0 Å². The Kier molecular flexibility index (Phi) is 8.03. The van der Waals surface area contributed by atoms with Gasteiger partial charge in [0.15, 0.2) is 5.13 Å². The predicted octanol–water partition coefficient (Wildman–Crippen LogP) is 3.06. The molecule has 0 radical (unpaired) electrons. The molecule has 1 aromatic rings. The molecular weight excluding hydrogens is 348 g/mol. The van der Waals surface area contributed by atoms with E-state index >= 15 is 0 Å². The van der Waals surface area contributed by atoms with Crippen molar-refractivity contribution in [2.24, 2.45) is 5.92 Å². The van der Waals surface area contributed by atoms with Crippen molar-refractivity contribution in [1.82, 2.24) is 14.8 Å². The molecule has 2 rings (SSSR count). The fourth-order valence-electron chi connectivity index (χ4n) is 3.32. The van der Waals surface area contributed by atoms with Crippen molar-refractivity contribution in [3.63, 3.8) is 0 Å². The normalized spacial score (nSPS) is 17.9. The number of anilines is 1. The lowest BCUT2D eigenvalue weighted by atomic mass is 9.96. The van der Waals surface area contributed by atoms with Crippen molar-refractivity contribution in [2.45, 2.75) is 53.4 Å². The van der Waals surface area contributed by atoms with Crippen LogP contribution in [-0.4, -0.2) is 59.3 Å². The van der Waals surface area contributed by atoms with Crippen molar-refractivity contribution in [2.75, 3.05) is 38.0 Å². The van der Waals surface area contributed by atoms with Gasteiger partial charge >= 0.3 is 0 Å². The number of carbonyl (C=O) groups excluding carboxylic acids is 2. The summed E-state index contributed by atoms with van der Waals surface area (Å²) < 4.78 is 0. The van der Waals surface area contributed by atoms with Gasteiger partial charge in [0.2, 0.25) is 11.8 Å². The lowest BCUT2D eigenvalue weighted by molar-refractivity contribution is -0.137. The Balaban J connectivity index is 1.86. The van der Waals surface area contributed by atoms with Gasteiger partial charge in [-0.1, -0.05) is 13.3 Å². The van der Waals surface area contributed by atoms with Crippen LogP contribution >= 0.6 is 11.3 Å². The van der Waals surface area contributed by atoms with Crippen LogP contribution in [0.4, 0.5) is 5.13 Å². The summed E-state index contributed by atoms with van der Waals surface area (Å²) in [5.41, 5.74) is 0.959. The Labute approximate surface area is 161 Å². The van der Waals surface area contributed by atoms with E-state index in [1.807, 2.05) is 25.7 Å². The number of aryl methyl sites for hydroxylation is 2. The molecule has 0 aromatic carbocycles. The summed E-state index contributed by atoms with van der Waals surface area (Å²) in [4.78, 5) is 34.7. The van der Waals surface area contributed by atoms with Gasteiger partial charge in [0.25, 0.3) is 0 Å². The van der Waals surface area contributed by atoms with E-state index < -0.39 is 0 Å². The average Bonchev–Trinajstić information content (AvgIpc) is 2.92. The highest BCUT2D eigenvalue weighted by Gasteiger charge is 2.29. The average molecular weight is 381 g/mol. The molecule has 1 fully saturated rings. The van der Waals surface area contributed by atoms with Crippen molar-refractivity contribution in [3.8, 4) is 0 Å². The zero-order valence-electron chi connectivity index (χ0n) is 16.5. The molecule has 0 bridgehead atoms. The molecule has 2 amide bonds. The number of carbonyl (C=O) groups is 2. The predicted molar refractivity (Wildman–Crippen MR) is 107 cm³/mol. The molecule has 1 N–H and O–H groups in total. The van der Waals surface area contributed by atoms with Crippen LogP contribution in [0, 0.1) is 19.8 Å². The number of aromatic nitrogens is 1. The van der Waals surface area contributed by atoms with E-state index in [0.29, 0.717) is 18.2 Å². The highest BCUT2D eigenvalue weighted by molar-refractivity contribution is 7.15. The van der Waals surface area contributed by atoms with E-state index in [9.17, 15) is 9.59 Å². The summed E-state index contributed by atoms with van der Waals surface area (Å²) in [6.07, 6.45) is 4.02. The highest BCUT2D eigenvalue weighted by Crippen LogP contribution is 2.22. The van der Waals surface area contributed by atoms with E-state index in [1.165, 1.54) is 11.3 Å². The van der Waals surface area contributed by atoms with Crippen LogP contribution < -0.4 is 5.32 Å². The first-order valence-electron chi connectivity index (χ1n) is 9.69. The fraction of sp³-hybridized carbons (Fsp3) is 0.737. The van der Waals surface area contributed by atoms with E-state index in [1.54, 1.807) is 0 Å². The first-order valence-corrected chi connectivity index (χ1v) is 10.5. The van der Waals surface area contributed by atoms with Gasteiger partial charge in [0.1, 0.15) is 0 Å². The van der Waals surface area contributed by atoms with Crippen molar-refractivity contribution in [3.05, 3.63) is 10.6 Å². The topological polar surface area (TPSA) is 65.5 Å². The Bertz CT molecular complexity index is 597. The highest BCUT2D eigenvalue weighted by atomic mass is 32.1. The van der Waals surface area contributed by atoms with Gasteiger partial charge in [-0.25, -0.2) is 4.98 Å². The maximum atomic E-state index is 12.8. The molecule has 0 saturated carbocycles. The number of piperidine rings is 1. The molecule has 1 aliphatic rings. The maximum Gasteiger partial charge on any atom is 0.240 e. The summed E-state index contributed by atoms with van der Waals surface area (Å²) in [5.74, 6) is 0.208. The zero-order chi connectivity index (χ0) is 19.1. The second-order valence-corrected chi connectivity index (χ2v) is 8.26. The first-order chi connectivity index (χ1) is 12.4. The number of likely N-dealkylation sites (tertiary alicyclic amines) is 1. The molecule has 7 heteroatoms. The van der Waals surface area contributed by atoms with Crippen LogP contribution in [0.5, 0.6) is 0 Å². The molecule has 1 atom stereocenters. The minimum absolute atomic E-state index is 0.0118. The van der Waals surface area contributed by atoms with Gasteiger partial charge in [0, 0.05) is 24.5 Å². The van der Waals surface area contributed by atoms with Gasteiger partial charge < -0.3 is 10.2 Å². The third-order valence-corrected chi connectivity index (χ3v) is 5.96. The molecule has 1 saturated heterocycles. The summed E-state index contributed by atoms with van der Waals surface area (Å²) in [7, 11) is 0. The number of nitrogens with zero attached hydrogens (tertiary/aromatic N) is 3. The number of rotatable bonds is 8. The third-order valence-electron chi connectivity index (χ3n) is 4.97. The van der Waals surface area contributed by atoms with Crippen molar-refractivity contribution >= 4 is 28.3 Å². The maximum absolute atomic E-state index is 12.8. The number of amides is 2. The summed E-state index contributed by atoms with van der Waals surface area (Å²) >= 11 is 1.50. The molecule has 0 spiro atoms. The van der Waals surface area contributed by atoms with Gasteiger partial charge in [-0.3, -0.25) is 14.5 Å². The number of nitrogens with one attached hydrogen (secondary N) is 1. The minimum Gasteiger partial charge on any atom is -0.343 e. The molecule has 0 aliphatic carbocycles. The Morgan fingerprint density at radius 2 is 2.12 bits per heavy atom. The van der Waals surface area contributed by atoms with Gasteiger partial charge in [0.05, 0.1) is 18.2 Å². The van der Waals surface area contributed by atoms with E-state index in [0.717, 1.165) is 55.9 Å². The smallest absolute Gasteiger partial charge is 0.240 e. The van der Waals surface area contributed by atoms with Crippen LogP contribution in [0.1, 0.15) is 50.1 Å². The number of thiazole rings is 1. The van der Waals surface area contributed by atoms with Crippen LogP contribution in [0.15, 0.2) is 0 Å². The third kappa shape index (κ3) is 5.77. The zero-order valence-corrected chi connectivity index (χ0v) is 17.3. The van der Waals surface area contributed by atoms with Crippen molar-refractivity contribution < 1.29 is 9.59 Å². The first kappa shape index (κ1) is 20.8. The molecule has 26 heavy (non-hydrogen) atoms.